The zero-order valence-electron chi connectivity index (χ0n) is 30.2. The minimum Gasteiger partial charge on any atom is -0.310 e. The summed E-state index contributed by atoms with van der Waals surface area (Å²) in [5, 5.41) is 4.94. The summed E-state index contributed by atoms with van der Waals surface area (Å²) in [4.78, 5) is 2.36. The van der Waals surface area contributed by atoms with E-state index in [4.69, 9.17) is 0 Å². The van der Waals surface area contributed by atoms with E-state index in [-0.39, 0.29) is 5.41 Å². The summed E-state index contributed by atoms with van der Waals surface area (Å²) in [6.45, 7) is 4.73. The Balaban J connectivity index is 1.23. The maximum Gasteiger partial charge on any atom is 0.0548 e. The number of aromatic nitrogens is 2. The molecule has 0 saturated heterocycles. The SMILES string of the molecule is CC1(C)c2ccccc2-c2ccc(-n3c4ccc(N(c5ccccc5)c5ccccc5)cc4c4cc5c(cc43)c3ccccc3n5-c3ccccc3)cc21. The zero-order valence-corrected chi connectivity index (χ0v) is 30.2. The van der Waals surface area contributed by atoms with Crippen LogP contribution in [0.2, 0.25) is 0 Å². The minimum absolute atomic E-state index is 0.101. The van der Waals surface area contributed by atoms with Crippen LogP contribution in [0, 0.1) is 0 Å². The Hall–Kier alpha value is -6.84. The predicted molar refractivity (Wildman–Crippen MR) is 227 cm³/mol. The van der Waals surface area contributed by atoms with E-state index in [0.29, 0.717) is 0 Å². The van der Waals surface area contributed by atoms with Crippen LogP contribution in [0.15, 0.2) is 188 Å². The van der Waals surface area contributed by atoms with Gasteiger partial charge >= 0.3 is 0 Å². The molecule has 2 aromatic heterocycles. The van der Waals surface area contributed by atoms with Crippen LogP contribution in [0.3, 0.4) is 0 Å². The second-order valence-electron chi connectivity index (χ2n) is 15.0. The molecule has 0 atom stereocenters. The van der Waals surface area contributed by atoms with Crippen molar-refractivity contribution in [2.45, 2.75) is 19.3 Å². The number of nitrogens with zero attached hydrogens (tertiary/aromatic N) is 3. The first kappa shape index (κ1) is 30.8. The molecule has 0 spiro atoms. The monoisotopic (exact) mass is 691 g/mol. The molecule has 0 bridgehead atoms. The van der Waals surface area contributed by atoms with Gasteiger partial charge < -0.3 is 14.0 Å². The van der Waals surface area contributed by atoms with Crippen LogP contribution in [-0.2, 0) is 5.41 Å². The van der Waals surface area contributed by atoms with Crippen LogP contribution >= 0.6 is 0 Å². The van der Waals surface area contributed by atoms with Gasteiger partial charge in [0.1, 0.15) is 0 Å². The number of anilines is 3. The highest BCUT2D eigenvalue weighted by Crippen LogP contribution is 2.50. The number of hydrogen-bond acceptors (Lipinski definition) is 1. The third-order valence-corrected chi connectivity index (χ3v) is 11.7. The Bertz CT molecular complexity index is 3020. The molecule has 10 aromatic rings. The van der Waals surface area contributed by atoms with Crippen molar-refractivity contribution in [3.05, 3.63) is 199 Å². The zero-order chi connectivity index (χ0) is 36.0. The fraction of sp³-hybridized carbons (Fsp3) is 0.0588. The number of benzene rings is 8. The van der Waals surface area contributed by atoms with Gasteiger partial charge in [-0.3, -0.25) is 0 Å². The summed E-state index contributed by atoms with van der Waals surface area (Å²) in [7, 11) is 0. The molecule has 1 aliphatic carbocycles. The van der Waals surface area contributed by atoms with Gasteiger partial charge in [0.15, 0.2) is 0 Å². The van der Waals surface area contributed by atoms with Gasteiger partial charge in [0.25, 0.3) is 0 Å². The smallest absolute Gasteiger partial charge is 0.0548 e. The highest BCUT2D eigenvalue weighted by molar-refractivity contribution is 6.19. The number of para-hydroxylation sites is 4. The Labute approximate surface area is 314 Å². The third kappa shape index (κ3) is 4.42. The highest BCUT2D eigenvalue weighted by Gasteiger charge is 2.35. The topological polar surface area (TPSA) is 13.1 Å². The van der Waals surface area contributed by atoms with Gasteiger partial charge in [-0.05, 0) is 107 Å². The normalized spacial score (nSPS) is 13.1. The molecule has 0 amide bonds. The van der Waals surface area contributed by atoms with Crippen LogP contribution in [0.5, 0.6) is 0 Å². The van der Waals surface area contributed by atoms with E-state index in [9.17, 15) is 0 Å². The van der Waals surface area contributed by atoms with Crippen LogP contribution in [0.1, 0.15) is 25.0 Å². The average Bonchev–Trinajstić information content (AvgIpc) is 3.80. The summed E-state index contributed by atoms with van der Waals surface area (Å²) in [6.07, 6.45) is 0. The molecular formula is C51H37N3. The second-order valence-corrected chi connectivity index (χ2v) is 15.0. The first-order chi connectivity index (χ1) is 26.6. The molecule has 8 aromatic carbocycles. The predicted octanol–water partition coefficient (Wildman–Crippen LogP) is 13.7. The molecule has 0 fully saturated rings. The van der Waals surface area contributed by atoms with Crippen LogP contribution in [-0.4, -0.2) is 9.13 Å². The molecule has 0 radical (unpaired) electrons. The molecule has 3 nitrogen and oxygen atoms in total. The van der Waals surface area contributed by atoms with Gasteiger partial charge in [-0.2, -0.15) is 0 Å². The lowest BCUT2D eigenvalue weighted by Crippen LogP contribution is -2.15. The maximum absolute atomic E-state index is 2.50. The summed E-state index contributed by atoms with van der Waals surface area (Å²) in [6, 6.07) is 68.8. The van der Waals surface area contributed by atoms with E-state index in [2.05, 4.69) is 216 Å². The van der Waals surface area contributed by atoms with Gasteiger partial charge in [0.2, 0.25) is 0 Å². The summed E-state index contributed by atoms with van der Waals surface area (Å²) in [5.41, 5.74) is 15.8. The van der Waals surface area contributed by atoms with E-state index in [1.54, 1.807) is 0 Å². The molecule has 0 aliphatic heterocycles. The van der Waals surface area contributed by atoms with Crippen molar-refractivity contribution in [3.63, 3.8) is 0 Å². The highest BCUT2D eigenvalue weighted by atomic mass is 15.1. The van der Waals surface area contributed by atoms with Crippen molar-refractivity contribution in [3.8, 4) is 22.5 Å². The molecule has 256 valence electrons. The quantitative estimate of drug-likeness (QED) is 0.175. The van der Waals surface area contributed by atoms with E-state index in [1.807, 2.05) is 0 Å². The molecule has 0 unspecified atom stereocenters. The Morgan fingerprint density at radius 2 is 0.889 bits per heavy atom. The van der Waals surface area contributed by atoms with Gasteiger partial charge in [0, 0.05) is 55.4 Å². The van der Waals surface area contributed by atoms with Crippen molar-refractivity contribution >= 4 is 60.7 Å². The fourth-order valence-electron chi connectivity index (χ4n) is 9.17. The third-order valence-electron chi connectivity index (χ3n) is 11.7. The largest absolute Gasteiger partial charge is 0.310 e. The number of hydrogen-bond donors (Lipinski definition) is 0. The standard InChI is InChI=1S/C51H37N3/c1-51(2)45-24-14-12-22-39(45)40-28-26-38(31-46(40)51)54-48-29-27-37(52(34-16-6-3-7-17-34)35-18-8-4-9-19-35)30-42(48)44-33-49-43(32-50(44)54)41-23-13-15-25-47(41)53(49)36-20-10-5-11-21-36/h3-33H,1-2H3. The molecule has 54 heavy (non-hydrogen) atoms. The van der Waals surface area contributed by atoms with Crippen LogP contribution in [0.4, 0.5) is 17.1 Å². The van der Waals surface area contributed by atoms with Crippen molar-refractivity contribution < 1.29 is 0 Å². The van der Waals surface area contributed by atoms with Gasteiger partial charge in [-0.25, -0.2) is 0 Å². The first-order valence-corrected chi connectivity index (χ1v) is 18.8. The molecule has 11 rings (SSSR count). The van der Waals surface area contributed by atoms with E-state index in [1.165, 1.54) is 71.6 Å². The van der Waals surface area contributed by atoms with Crippen LogP contribution in [0.25, 0.3) is 66.1 Å². The van der Waals surface area contributed by atoms with Crippen molar-refractivity contribution in [1.29, 1.82) is 0 Å². The second kappa shape index (κ2) is 11.6. The molecular weight excluding hydrogens is 655 g/mol. The molecule has 2 heterocycles. The average molecular weight is 692 g/mol. The summed E-state index contributed by atoms with van der Waals surface area (Å²) in [5.74, 6) is 0. The molecule has 3 heteroatoms. The van der Waals surface area contributed by atoms with Gasteiger partial charge in [-0.1, -0.05) is 117 Å². The lowest BCUT2D eigenvalue weighted by atomic mass is 9.82. The maximum atomic E-state index is 2.50. The van der Waals surface area contributed by atoms with Crippen molar-refractivity contribution in [2.75, 3.05) is 4.90 Å². The molecule has 0 saturated carbocycles. The van der Waals surface area contributed by atoms with E-state index >= 15 is 0 Å². The number of rotatable bonds is 5. The van der Waals surface area contributed by atoms with E-state index < -0.39 is 0 Å². The lowest BCUT2D eigenvalue weighted by Gasteiger charge is -2.25. The number of fused-ring (bicyclic) bond motifs is 9. The Morgan fingerprint density at radius 1 is 0.352 bits per heavy atom. The van der Waals surface area contributed by atoms with Crippen LogP contribution < -0.4 is 4.90 Å². The summed E-state index contributed by atoms with van der Waals surface area (Å²) >= 11 is 0. The Kier molecular flexibility index (Phi) is 6.60. The fourth-order valence-corrected chi connectivity index (χ4v) is 9.17. The van der Waals surface area contributed by atoms with E-state index in [0.717, 1.165) is 22.7 Å². The minimum atomic E-state index is -0.101. The van der Waals surface area contributed by atoms with Crippen molar-refractivity contribution in [2.24, 2.45) is 0 Å². The first-order valence-electron chi connectivity index (χ1n) is 18.8. The molecule has 1 aliphatic rings. The van der Waals surface area contributed by atoms with Crippen molar-refractivity contribution in [1.82, 2.24) is 9.13 Å². The van der Waals surface area contributed by atoms with Gasteiger partial charge in [-0.15, -0.1) is 0 Å². The lowest BCUT2D eigenvalue weighted by molar-refractivity contribution is 0.660. The summed E-state index contributed by atoms with van der Waals surface area (Å²) < 4.78 is 4.92. The molecule has 0 N–H and O–H groups in total. The van der Waals surface area contributed by atoms with Gasteiger partial charge in [0.05, 0.1) is 22.1 Å². The Morgan fingerprint density at radius 3 is 1.61 bits per heavy atom.